The van der Waals surface area contributed by atoms with E-state index in [4.69, 9.17) is 9.15 Å². The summed E-state index contributed by atoms with van der Waals surface area (Å²) in [6.45, 7) is -0.143. The zero-order valence-corrected chi connectivity index (χ0v) is 13.6. The first-order chi connectivity index (χ1) is 12.2. The number of carbonyl (C=O) groups excluding carboxylic acids is 1. The number of ether oxygens (including phenoxy) is 1. The highest BCUT2D eigenvalue weighted by Crippen LogP contribution is 2.28. The Kier molecular flexibility index (Phi) is 3.99. The van der Waals surface area contributed by atoms with Gasteiger partial charge in [-0.05, 0) is 30.3 Å². The second-order valence-electron chi connectivity index (χ2n) is 5.21. The molecule has 2 heterocycles. The molecular weight excluding hydrogens is 343 g/mol. The van der Waals surface area contributed by atoms with E-state index < -0.39 is 5.97 Å². The molecule has 0 atom stereocenters. The van der Waals surface area contributed by atoms with E-state index >= 15 is 0 Å². The van der Waals surface area contributed by atoms with E-state index in [-0.39, 0.29) is 18.3 Å². The molecule has 7 heteroatoms. The van der Waals surface area contributed by atoms with E-state index in [2.05, 4.69) is 10.2 Å². The molecule has 0 saturated heterocycles. The van der Waals surface area contributed by atoms with Crippen LogP contribution in [-0.2, 0) is 11.3 Å². The number of hydrogen-bond donors (Lipinski definition) is 0. The molecule has 0 amide bonds. The molecule has 124 valence electrons. The number of halogens is 1. The van der Waals surface area contributed by atoms with Crippen LogP contribution in [0.2, 0.25) is 0 Å². The van der Waals surface area contributed by atoms with Gasteiger partial charge >= 0.3 is 5.97 Å². The SMILES string of the molecule is O=C(OCc1nnc(-c2ccccc2)o1)c1cc2c(F)cccc2s1. The van der Waals surface area contributed by atoms with Crippen molar-refractivity contribution in [1.82, 2.24) is 10.2 Å². The predicted molar refractivity (Wildman–Crippen MR) is 90.6 cm³/mol. The Morgan fingerprint density at radius 1 is 1.12 bits per heavy atom. The summed E-state index contributed by atoms with van der Waals surface area (Å²) in [6, 6.07) is 15.5. The van der Waals surface area contributed by atoms with Crippen molar-refractivity contribution in [2.75, 3.05) is 0 Å². The lowest BCUT2D eigenvalue weighted by Crippen LogP contribution is -2.03. The molecular formula is C18H11FN2O3S. The number of benzene rings is 2. The van der Waals surface area contributed by atoms with E-state index in [0.29, 0.717) is 20.9 Å². The third-order valence-electron chi connectivity index (χ3n) is 3.52. The van der Waals surface area contributed by atoms with Crippen molar-refractivity contribution in [1.29, 1.82) is 0 Å². The largest absolute Gasteiger partial charge is 0.451 e. The Morgan fingerprint density at radius 3 is 2.76 bits per heavy atom. The molecule has 0 bridgehead atoms. The fourth-order valence-corrected chi connectivity index (χ4v) is 3.30. The minimum absolute atomic E-state index is 0.143. The molecule has 0 N–H and O–H groups in total. The average molecular weight is 354 g/mol. The van der Waals surface area contributed by atoms with Gasteiger partial charge < -0.3 is 9.15 Å². The number of thiophene rings is 1. The third kappa shape index (κ3) is 3.14. The maximum atomic E-state index is 13.7. The molecule has 0 aliphatic carbocycles. The molecule has 25 heavy (non-hydrogen) atoms. The summed E-state index contributed by atoms with van der Waals surface area (Å²) < 4.78 is 25.1. The average Bonchev–Trinajstić information content (AvgIpc) is 3.28. The summed E-state index contributed by atoms with van der Waals surface area (Å²) in [5.41, 5.74) is 0.785. The summed E-state index contributed by atoms with van der Waals surface area (Å²) >= 11 is 1.18. The van der Waals surface area contributed by atoms with E-state index in [9.17, 15) is 9.18 Å². The molecule has 0 saturated carbocycles. The Balaban J connectivity index is 1.46. The van der Waals surface area contributed by atoms with Crippen LogP contribution in [0.25, 0.3) is 21.5 Å². The first-order valence-electron chi connectivity index (χ1n) is 7.44. The van der Waals surface area contributed by atoms with Crippen LogP contribution < -0.4 is 0 Å². The highest BCUT2D eigenvalue weighted by Gasteiger charge is 2.16. The third-order valence-corrected chi connectivity index (χ3v) is 4.60. The summed E-state index contributed by atoms with van der Waals surface area (Å²) in [4.78, 5) is 12.5. The first kappa shape index (κ1) is 15.5. The molecule has 2 aromatic heterocycles. The minimum Gasteiger partial charge on any atom is -0.451 e. The quantitative estimate of drug-likeness (QED) is 0.507. The molecule has 4 aromatic rings. The van der Waals surface area contributed by atoms with Crippen molar-refractivity contribution >= 4 is 27.4 Å². The highest BCUT2D eigenvalue weighted by atomic mass is 32.1. The lowest BCUT2D eigenvalue weighted by Gasteiger charge is -1.98. The van der Waals surface area contributed by atoms with E-state index in [1.165, 1.54) is 23.5 Å². The van der Waals surface area contributed by atoms with Crippen LogP contribution in [0.15, 0.2) is 59.0 Å². The predicted octanol–water partition coefficient (Wildman–Crippen LogP) is 4.45. The number of carbonyl (C=O) groups is 1. The van der Waals surface area contributed by atoms with Crippen LogP contribution >= 0.6 is 11.3 Å². The second kappa shape index (κ2) is 6.45. The molecule has 4 rings (SSSR count). The summed E-state index contributed by atoms with van der Waals surface area (Å²) in [5.74, 6) is -0.368. The molecule has 0 spiro atoms. The maximum absolute atomic E-state index is 13.7. The zero-order chi connectivity index (χ0) is 17.2. The van der Waals surface area contributed by atoms with Gasteiger partial charge in [0.25, 0.3) is 5.89 Å². The Bertz CT molecular complexity index is 1040. The lowest BCUT2D eigenvalue weighted by atomic mass is 10.2. The number of fused-ring (bicyclic) bond motifs is 1. The van der Waals surface area contributed by atoms with Gasteiger partial charge in [0.2, 0.25) is 5.89 Å². The van der Waals surface area contributed by atoms with Crippen LogP contribution in [-0.4, -0.2) is 16.2 Å². The van der Waals surface area contributed by atoms with Crippen LogP contribution in [0.4, 0.5) is 4.39 Å². The first-order valence-corrected chi connectivity index (χ1v) is 8.25. The lowest BCUT2D eigenvalue weighted by molar-refractivity contribution is 0.0444. The maximum Gasteiger partial charge on any atom is 0.348 e. The molecule has 0 fully saturated rings. The van der Waals surface area contributed by atoms with Crippen molar-refractivity contribution in [3.8, 4) is 11.5 Å². The number of nitrogens with zero attached hydrogens (tertiary/aromatic N) is 2. The topological polar surface area (TPSA) is 65.2 Å². The van der Waals surface area contributed by atoms with Gasteiger partial charge in [0.05, 0.1) is 0 Å². The van der Waals surface area contributed by atoms with Crippen LogP contribution in [0, 0.1) is 5.82 Å². The molecule has 0 unspecified atom stereocenters. The molecule has 0 radical (unpaired) electrons. The van der Waals surface area contributed by atoms with Gasteiger partial charge in [0.1, 0.15) is 10.7 Å². The second-order valence-corrected chi connectivity index (χ2v) is 6.29. The van der Waals surface area contributed by atoms with Gasteiger partial charge in [-0.3, -0.25) is 0 Å². The summed E-state index contributed by atoms with van der Waals surface area (Å²) in [5, 5.41) is 8.20. The highest BCUT2D eigenvalue weighted by molar-refractivity contribution is 7.20. The van der Waals surface area contributed by atoms with Gasteiger partial charge in [0.15, 0.2) is 6.61 Å². The number of hydrogen-bond acceptors (Lipinski definition) is 6. The van der Waals surface area contributed by atoms with Gasteiger partial charge in [-0.25, -0.2) is 9.18 Å². The molecule has 0 aliphatic heterocycles. The molecule has 5 nitrogen and oxygen atoms in total. The van der Waals surface area contributed by atoms with Gasteiger partial charge in [-0.1, -0.05) is 24.3 Å². The van der Waals surface area contributed by atoms with E-state index in [1.54, 1.807) is 12.1 Å². The number of esters is 1. The van der Waals surface area contributed by atoms with Crippen molar-refractivity contribution < 1.29 is 18.3 Å². The van der Waals surface area contributed by atoms with Crippen molar-refractivity contribution in [3.05, 3.63) is 71.2 Å². The van der Waals surface area contributed by atoms with E-state index in [1.807, 2.05) is 30.3 Å². The Morgan fingerprint density at radius 2 is 1.96 bits per heavy atom. The van der Waals surface area contributed by atoms with Crippen molar-refractivity contribution in [2.45, 2.75) is 6.61 Å². The fourth-order valence-electron chi connectivity index (χ4n) is 2.33. The van der Waals surface area contributed by atoms with Gasteiger partial charge in [-0.2, -0.15) is 0 Å². The number of rotatable bonds is 4. The molecule has 0 aliphatic rings. The van der Waals surface area contributed by atoms with Crippen LogP contribution in [0.1, 0.15) is 15.6 Å². The smallest absolute Gasteiger partial charge is 0.348 e. The number of aromatic nitrogens is 2. The standard InChI is InChI=1S/C18H11FN2O3S/c19-13-7-4-8-14-12(13)9-15(25-14)18(22)23-10-16-20-21-17(24-16)11-5-2-1-3-6-11/h1-9H,10H2. The summed E-state index contributed by atoms with van der Waals surface area (Å²) in [7, 11) is 0. The Labute approximate surface area is 145 Å². The van der Waals surface area contributed by atoms with Gasteiger partial charge in [0, 0.05) is 15.6 Å². The van der Waals surface area contributed by atoms with Gasteiger partial charge in [-0.15, -0.1) is 21.5 Å². The zero-order valence-electron chi connectivity index (χ0n) is 12.8. The Hall–Kier alpha value is -3.06. The normalized spacial score (nSPS) is 10.9. The van der Waals surface area contributed by atoms with Crippen LogP contribution in [0.5, 0.6) is 0 Å². The monoisotopic (exact) mass is 354 g/mol. The van der Waals surface area contributed by atoms with E-state index in [0.717, 1.165) is 5.56 Å². The van der Waals surface area contributed by atoms with Crippen LogP contribution in [0.3, 0.4) is 0 Å². The minimum atomic E-state index is -0.555. The summed E-state index contributed by atoms with van der Waals surface area (Å²) in [6.07, 6.45) is 0. The van der Waals surface area contributed by atoms with Crippen molar-refractivity contribution in [3.63, 3.8) is 0 Å². The molecule has 2 aromatic carbocycles. The van der Waals surface area contributed by atoms with Crippen molar-refractivity contribution in [2.24, 2.45) is 0 Å². The fraction of sp³-hybridized carbons (Fsp3) is 0.0556.